The van der Waals surface area contributed by atoms with Crippen LogP contribution in [0.5, 0.6) is 5.75 Å². The molecule has 2 rings (SSSR count). The molecule has 2 aromatic carbocycles. The Labute approximate surface area is 199 Å². The average molecular weight is 561 g/mol. The highest BCUT2D eigenvalue weighted by Gasteiger charge is 2.26. The van der Waals surface area contributed by atoms with Gasteiger partial charge >= 0.3 is 0 Å². The van der Waals surface area contributed by atoms with Crippen LogP contribution in [0.2, 0.25) is 5.02 Å². The Morgan fingerprint density at radius 2 is 1.80 bits per heavy atom. The minimum absolute atomic E-state index is 0.200. The van der Waals surface area contributed by atoms with Crippen molar-refractivity contribution in [2.45, 2.75) is 33.4 Å². The van der Waals surface area contributed by atoms with E-state index in [2.05, 4.69) is 37.2 Å². The number of hydrogen-bond donors (Lipinski definition) is 1. The Bertz CT molecular complexity index is 892. The first kappa shape index (κ1) is 24.7. The van der Waals surface area contributed by atoms with Crippen LogP contribution in [0.4, 0.5) is 0 Å². The highest BCUT2D eigenvalue weighted by Crippen LogP contribution is 2.27. The molecule has 8 heteroatoms. The second-order valence-corrected chi connectivity index (χ2v) is 9.57. The summed E-state index contributed by atoms with van der Waals surface area (Å²) < 4.78 is 7.36. The van der Waals surface area contributed by atoms with Crippen LogP contribution in [0.3, 0.4) is 0 Å². The van der Waals surface area contributed by atoms with Crippen LogP contribution in [0, 0.1) is 5.92 Å². The molecule has 0 bridgehead atoms. The van der Waals surface area contributed by atoms with Crippen LogP contribution in [0.1, 0.15) is 26.3 Å². The average Bonchev–Trinajstić information content (AvgIpc) is 2.68. The predicted molar refractivity (Wildman–Crippen MR) is 127 cm³/mol. The predicted octanol–water partition coefficient (Wildman–Crippen LogP) is 5.43. The van der Waals surface area contributed by atoms with Crippen molar-refractivity contribution in [3.63, 3.8) is 0 Å². The van der Waals surface area contributed by atoms with E-state index >= 15 is 0 Å². The third kappa shape index (κ3) is 7.60. The highest BCUT2D eigenvalue weighted by atomic mass is 79.9. The van der Waals surface area contributed by atoms with Gasteiger partial charge in [0.05, 0.1) is 5.02 Å². The van der Waals surface area contributed by atoms with Gasteiger partial charge in [0.25, 0.3) is 5.91 Å². The van der Waals surface area contributed by atoms with Gasteiger partial charge in [-0.3, -0.25) is 9.59 Å². The number of carbonyl (C=O) groups excluding carboxylic acids is 2. The molecule has 5 nitrogen and oxygen atoms in total. The SMILES string of the molecule is CC(C)CNC(=O)C(C)N(Cc1cccc(Br)c1)C(=O)COc1ccc(Br)cc1Cl. The first-order chi connectivity index (χ1) is 14.2. The lowest BCUT2D eigenvalue weighted by molar-refractivity contribution is -0.142. The van der Waals surface area contributed by atoms with Crippen molar-refractivity contribution in [1.82, 2.24) is 10.2 Å². The molecule has 1 N–H and O–H groups in total. The molecule has 0 saturated heterocycles. The van der Waals surface area contributed by atoms with Gasteiger partial charge in [0, 0.05) is 22.0 Å². The van der Waals surface area contributed by atoms with Crippen LogP contribution in [0.15, 0.2) is 51.4 Å². The summed E-state index contributed by atoms with van der Waals surface area (Å²) in [5.74, 6) is 0.223. The summed E-state index contributed by atoms with van der Waals surface area (Å²) in [6.07, 6.45) is 0. The van der Waals surface area contributed by atoms with Crippen LogP contribution in [0.25, 0.3) is 0 Å². The summed E-state index contributed by atoms with van der Waals surface area (Å²) in [6, 6.07) is 12.2. The van der Waals surface area contributed by atoms with Crippen molar-refractivity contribution in [2.75, 3.05) is 13.2 Å². The van der Waals surface area contributed by atoms with Gasteiger partial charge in [-0.1, -0.05) is 69.4 Å². The van der Waals surface area contributed by atoms with Gasteiger partial charge < -0.3 is 15.0 Å². The molecule has 0 fully saturated rings. The van der Waals surface area contributed by atoms with E-state index in [0.717, 1.165) is 14.5 Å². The summed E-state index contributed by atoms with van der Waals surface area (Å²) in [5, 5.41) is 3.30. The van der Waals surface area contributed by atoms with Crippen LogP contribution >= 0.6 is 43.5 Å². The molecule has 30 heavy (non-hydrogen) atoms. The summed E-state index contributed by atoms with van der Waals surface area (Å²) in [7, 11) is 0. The molecular weight excluding hydrogens is 536 g/mol. The van der Waals surface area contributed by atoms with E-state index < -0.39 is 6.04 Å². The van der Waals surface area contributed by atoms with Crippen molar-refractivity contribution in [2.24, 2.45) is 5.92 Å². The number of ether oxygens (including phenoxy) is 1. The number of nitrogens with one attached hydrogen (secondary N) is 1. The molecule has 0 aliphatic rings. The zero-order valence-electron chi connectivity index (χ0n) is 17.1. The molecule has 2 amide bonds. The first-order valence-corrected chi connectivity index (χ1v) is 11.5. The number of rotatable bonds is 9. The third-order valence-electron chi connectivity index (χ3n) is 4.34. The molecule has 1 unspecified atom stereocenters. The molecule has 0 radical (unpaired) electrons. The fourth-order valence-corrected chi connectivity index (χ4v) is 3.86. The van der Waals surface area contributed by atoms with Gasteiger partial charge in [0.1, 0.15) is 11.8 Å². The van der Waals surface area contributed by atoms with Crippen LogP contribution < -0.4 is 10.1 Å². The second kappa shape index (κ2) is 11.7. The lowest BCUT2D eigenvalue weighted by Gasteiger charge is -2.29. The molecule has 0 heterocycles. The maximum Gasteiger partial charge on any atom is 0.261 e. The Kier molecular flexibility index (Phi) is 9.65. The number of halogens is 3. The van der Waals surface area contributed by atoms with E-state index in [9.17, 15) is 9.59 Å². The normalized spacial score (nSPS) is 11.8. The minimum atomic E-state index is -0.653. The molecule has 162 valence electrons. The lowest BCUT2D eigenvalue weighted by Crippen LogP contribution is -2.49. The van der Waals surface area contributed by atoms with E-state index in [-0.39, 0.29) is 25.0 Å². The van der Waals surface area contributed by atoms with Crippen molar-refractivity contribution < 1.29 is 14.3 Å². The number of nitrogens with zero attached hydrogens (tertiary/aromatic N) is 1. The molecule has 0 aliphatic carbocycles. The quantitative estimate of drug-likeness (QED) is 0.445. The Morgan fingerprint density at radius 3 is 2.43 bits per heavy atom. The number of carbonyl (C=O) groups is 2. The van der Waals surface area contributed by atoms with Crippen LogP contribution in [-0.2, 0) is 16.1 Å². The van der Waals surface area contributed by atoms with E-state index in [1.807, 2.05) is 38.1 Å². The smallest absolute Gasteiger partial charge is 0.261 e. The van der Waals surface area contributed by atoms with E-state index in [1.54, 1.807) is 25.1 Å². The van der Waals surface area contributed by atoms with Crippen molar-refractivity contribution in [3.05, 3.63) is 62.0 Å². The molecule has 1 atom stereocenters. The van der Waals surface area contributed by atoms with Gasteiger partial charge in [-0.25, -0.2) is 0 Å². The molecule has 0 spiro atoms. The standard InChI is InChI=1S/C22H25Br2ClN2O3/c1-14(2)11-26-22(29)15(3)27(12-16-5-4-6-17(23)9-16)21(28)13-30-20-8-7-18(24)10-19(20)25/h4-10,14-15H,11-13H2,1-3H3,(H,26,29). The summed E-state index contributed by atoms with van der Waals surface area (Å²) >= 11 is 13.0. The number of amides is 2. The number of benzene rings is 2. The monoisotopic (exact) mass is 558 g/mol. The zero-order chi connectivity index (χ0) is 22.3. The summed E-state index contributed by atoms with van der Waals surface area (Å²) in [6.45, 7) is 6.37. The first-order valence-electron chi connectivity index (χ1n) is 9.57. The maximum absolute atomic E-state index is 13.0. The Hall–Kier alpha value is -1.57. The Morgan fingerprint density at radius 1 is 1.10 bits per heavy atom. The molecule has 0 aromatic heterocycles. The van der Waals surface area contributed by atoms with Gasteiger partial charge in [-0.15, -0.1) is 0 Å². The fraction of sp³-hybridized carbons (Fsp3) is 0.364. The maximum atomic E-state index is 13.0. The van der Waals surface area contributed by atoms with Gasteiger partial charge in [0.15, 0.2) is 6.61 Å². The van der Waals surface area contributed by atoms with Crippen LogP contribution in [-0.4, -0.2) is 35.9 Å². The molecule has 0 aliphatic heterocycles. The lowest BCUT2D eigenvalue weighted by atomic mass is 10.1. The topological polar surface area (TPSA) is 58.6 Å². The molecule has 0 saturated carbocycles. The largest absolute Gasteiger partial charge is 0.482 e. The highest BCUT2D eigenvalue weighted by molar-refractivity contribution is 9.10. The molecular formula is C22H25Br2ClN2O3. The van der Waals surface area contributed by atoms with E-state index in [1.165, 1.54) is 4.90 Å². The molecule has 2 aromatic rings. The minimum Gasteiger partial charge on any atom is -0.482 e. The zero-order valence-corrected chi connectivity index (χ0v) is 21.1. The van der Waals surface area contributed by atoms with Gasteiger partial charge in [-0.05, 0) is 48.7 Å². The second-order valence-electron chi connectivity index (χ2n) is 7.33. The van der Waals surface area contributed by atoms with Crippen molar-refractivity contribution in [3.8, 4) is 5.75 Å². The summed E-state index contributed by atoms with van der Waals surface area (Å²) in [4.78, 5) is 27.2. The van der Waals surface area contributed by atoms with E-state index in [4.69, 9.17) is 16.3 Å². The third-order valence-corrected chi connectivity index (χ3v) is 5.62. The fourth-order valence-electron chi connectivity index (χ4n) is 2.68. The summed E-state index contributed by atoms with van der Waals surface area (Å²) in [5.41, 5.74) is 0.905. The van der Waals surface area contributed by atoms with E-state index in [0.29, 0.717) is 23.2 Å². The van der Waals surface area contributed by atoms with Crippen molar-refractivity contribution in [1.29, 1.82) is 0 Å². The Balaban J connectivity index is 2.15. The van der Waals surface area contributed by atoms with Gasteiger partial charge in [-0.2, -0.15) is 0 Å². The van der Waals surface area contributed by atoms with Crippen molar-refractivity contribution >= 4 is 55.3 Å². The number of hydrogen-bond acceptors (Lipinski definition) is 3. The van der Waals surface area contributed by atoms with Gasteiger partial charge in [0.2, 0.25) is 5.91 Å².